The highest BCUT2D eigenvalue weighted by atomic mass is 79.9. The standard InChI is InChI=1S/C17H17Br2N3O2/c1-11-4-3-5-13(6-11)20-10-16(23)22-21-9-12-7-14(18)17(24-2)15(19)8-12/h3-9,20H,10H2,1-2H3,(H,22,23). The third-order valence-electron chi connectivity index (χ3n) is 3.10. The molecule has 0 spiro atoms. The summed E-state index contributed by atoms with van der Waals surface area (Å²) >= 11 is 6.84. The number of benzene rings is 2. The van der Waals surface area contributed by atoms with E-state index in [2.05, 4.69) is 47.7 Å². The predicted octanol–water partition coefficient (Wildman–Crippen LogP) is 4.09. The lowest BCUT2D eigenvalue weighted by molar-refractivity contribution is -0.119. The van der Waals surface area contributed by atoms with Crippen LogP contribution in [0.25, 0.3) is 0 Å². The van der Waals surface area contributed by atoms with Gasteiger partial charge >= 0.3 is 0 Å². The van der Waals surface area contributed by atoms with E-state index in [0.717, 1.165) is 25.8 Å². The van der Waals surface area contributed by atoms with Crippen molar-refractivity contribution in [3.8, 4) is 5.75 Å². The number of hydrazone groups is 1. The molecule has 24 heavy (non-hydrogen) atoms. The van der Waals surface area contributed by atoms with Gasteiger partial charge in [0, 0.05) is 5.69 Å². The number of halogens is 2. The van der Waals surface area contributed by atoms with Gasteiger partial charge in [0.1, 0.15) is 5.75 Å². The van der Waals surface area contributed by atoms with Crippen LogP contribution in [0.1, 0.15) is 11.1 Å². The molecule has 2 N–H and O–H groups in total. The van der Waals surface area contributed by atoms with Gasteiger partial charge in [0.05, 0.1) is 28.8 Å². The molecule has 7 heteroatoms. The molecule has 0 bridgehead atoms. The van der Waals surface area contributed by atoms with E-state index in [9.17, 15) is 4.79 Å². The summed E-state index contributed by atoms with van der Waals surface area (Å²) in [6, 6.07) is 11.5. The number of anilines is 1. The average molecular weight is 455 g/mol. The second kappa shape index (κ2) is 8.84. The van der Waals surface area contributed by atoms with Crippen LogP contribution in [0.15, 0.2) is 50.4 Å². The van der Waals surface area contributed by atoms with Gasteiger partial charge in [-0.05, 0) is 74.2 Å². The topological polar surface area (TPSA) is 62.7 Å². The van der Waals surface area contributed by atoms with E-state index in [1.165, 1.54) is 0 Å². The van der Waals surface area contributed by atoms with Crippen LogP contribution in [0.5, 0.6) is 5.75 Å². The molecule has 0 unspecified atom stereocenters. The number of aryl methyl sites for hydroxylation is 1. The number of carbonyl (C=O) groups is 1. The SMILES string of the molecule is COc1c(Br)cc(C=NNC(=O)CNc2cccc(C)c2)cc1Br. The fourth-order valence-corrected chi connectivity index (χ4v) is 3.55. The molecular formula is C17H17Br2N3O2. The molecule has 0 radical (unpaired) electrons. The molecular weight excluding hydrogens is 438 g/mol. The molecule has 0 saturated heterocycles. The normalized spacial score (nSPS) is 10.7. The third-order valence-corrected chi connectivity index (χ3v) is 4.28. The first-order chi connectivity index (χ1) is 11.5. The van der Waals surface area contributed by atoms with Crippen molar-refractivity contribution < 1.29 is 9.53 Å². The molecule has 0 saturated carbocycles. The molecule has 0 fully saturated rings. The zero-order valence-electron chi connectivity index (χ0n) is 13.3. The summed E-state index contributed by atoms with van der Waals surface area (Å²) in [5.74, 6) is 0.484. The summed E-state index contributed by atoms with van der Waals surface area (Å²) in [5, 5.41) is 7.01. The lowest BCUT2D eigenvalue weighted by atomic mass is 10.2. The Bertz CT molecular complexity index is 740. The maximum Gasteiger partial charge on any atom is 0.259 e. The van der Waals surface area contributed by atoms with E-state index in [4.69, 9.17) is 4.74 Å². The minimum atomic E-state index is -0.223. The van der Waals surface area contributed by atoms with Crippen LogP contribution in [0.3, 0.4) is 0 Å². The van der Waals surface area contributed by atoms with Gasteiger partial charge in [-0.2, -0.15) is 5.10 Å². The maximum atomic E-state index is 11.8. The van der Waals surface area contributed by atoms with Crippen molar-refractivity contribution in [2.75, 3.05) is 19.0 Å². The summed E-state index contributed by atoms with van der Waals surface area (Å²) in [6.45, 7) is 2.15. The number of hydrogen-bond acceptors (Lipinski definition) is 4. The second-order valence-electron chi connectivity index (χ2n) is 5.03. The first-order valence-electron chi connectivity index (χ1n) is 7.15. The number of ether oxygens (including phenoxy) is 1. The molecule has 0 aliphatic heterocycles. The molecule has 0 atom stereocenters. The van der Waals surface area contributed by atoms with E-state index in [-0.39, 0.29) is 12.5 Å². The number of rotatable bonds is 6. The number of amides is 1. The molecule has 1 amide bonds. The molecule has 2 aromatic rings. The van der Waals surface area contributed by atoms with E-state index in [1.807, 2.05) is 43.3 Å². The molecule has 0 aromatic heterocycles. The van der Waals surface area contributed by atoms with Gasteiger partial charge < -0.3 is 10.1 Å². The molecule has 5 nitrogen and oxygen atoms in total. The van der Waals surface area contributed by atoms with Crippen LogP contribution < -0.4 is 15.5 Å². The summed E-state index contributed by atoms with van der Waals surface area (Å²) in [5.41, 5.74) is 5.34. The van der Waals surface area contributed by atoms with E-state index in [0.29, 0.717) is 5.75 Å². The van der Waals surface area contributed by atoms with Gasteiger partial charge in [0.2, 0.25) is 0 Å². The Morgan fingerprint density at radius 1 is 1.25 bits per heavy atom. The molecule has 0 heterocycles. The van der Waals surface area contributed by atoms with Gasteiger partial charge in [0.15, 0.2) is 0 Å². The fraction of sp³-hybridized carbons (Fsp3) is 0.176. The minimum absolute atomic E-state index is 0.150. The number of nitrogens with one attached hydrogen (secondary N) is 2. The van der Waals surface area contributed by atoms with Crippen LogP contribution in [0.4, 0.5) is 5.69 Å². The summed E-state index contributed by atoms with van der Waals surface area (Å²) in [4.78, 5) is 11.8. The van der Waals surface area contributed by atoms with Gasteiger partial charge in [-0.3, -0.25) is 4.79 Å². The molecule has 2 rings (SSSR count). The highest BCUT2D eigenvalue weighted by molar-refractivity contribution is 9.11. The Morgan fingerprint density at radius 2 is 1.96 bits per heavy atom. The highest BCUT2D eigenvalue weighted by Crippen LogP contribution is 2.33. The Balaban J connectivity index is 1.88. The Morgan fingerprint density at radius 3 is 2.58 bits per heavy atom. The van der Waals surface area contributed by atoms with Crippen molar-refractivity contribution in [1.29, 1.82) is 0 Å². The Hall–Kier alpha value is -1.86. The summed E-state index contributed by atoms with van der Waals surface area (Å²) < 4.78 is 6.84. The van der Waals surface area contributed by atoms with Crippen LogP contribution in [0, 0.1) is 6.92 Å². The number of hydrogen-bond donors (Lipinski definition) is 2. The number of nitrogens with zero attached hydrogens (tertiary/aromatic N) is 1. The third kappa shape index (κ3) is 5.35. The maximum absolute atomic E-state index is 11.8. The average Bonchev–Trinajstić information content (AvgIpc) is 2.53. The van der Waals surface area contributed by atoms with Crippen molar-refractivity contribution in [3.63, 3.8) is 0 Å². The molecule has 0 aliphatic carbocycles. The quantitative estimate of drug-likeness (QED) is 0.510. The lowest BCUT2D eigenvalue weighted by Crippen LogP contribution is -2.25. The smallest absolute Gasteiger partial charge is 0.259 e. The number of carbonyl (C=O) groups excluding carboxylic acids is 1. The predicted molar refractivity (Wildman–Crippen MR) is 104 cm³/mol. The first kappa shape index (κ1) is 18.5. The van der Waals surface area contributed by atoms with E-state index < -0.39 is 0 Å². The Labute approximate surface area is 157 Å². The van der Waals surface area contributed by atoms with Gasteiger partial charge in [-0.25, -0.2) is 5.43 Å². The van der Waals surface area contributed by atoms with Crippen molar-refractivity contribution >= 4 is 49.7 Å². The Kier molecular flexibility index (Phi) is 6.81. The molecule has 0 aliphatic rings. The minimum Gasteiger partial charge on any atom is -0.494 e. The largest absolute Gasteiger partial charge is 0.494 e. The van der Waals surface area contributed by atoms with Crippen LogP contribution in [0.2, 0.25) is 0 Å². The second-order valence-corrected chi connectivity index (χ2v) is 6.74. The zero-order chi connectivity index (χ0) is 17.5. The van der Waals surface area contributed by atoms with Crippen molar-refractivity contribution in [1.82, 2.24) is 5.43 Å². The highest BCUT2D eigenvalue weighted by Gasteiger charge is 2.06. The van der Waals surface area contributed by atoms with E-state index >= 15 is 0 Å². The molecule has 126 valence electrons. The van der Waals surface area contributed by atoms with Crippen molar-refractivity contribution in [3.05, 3.63) is 56.5 Å². The van der Waals surface area contributed by atoms with Crippen molar-refractivity contribution in [2.45, 2.75) is 6.92 Å². The van der Waals surface area contributed by atoms with Gasteiger partial charge in [0.25, 0.3) is 5.91 Å². The van der Waals surface area contributed by atoms with Crippen LogP contribution in [-0.2, 0) is 4.79 Å². The fourth-order valence-electron chi connectivity index (χ4n) is 2.00. The van der Waals surface area contributed by atoms with Gasteiger partial charge in [-0.1, -0.05) is 12.1 Å². The monoisotopic (exact) mass is 453 g/mol. The summed E-state index contributed by atoms with van der Waals surface area (Å²) in [7, 11) is 1.60. The summed E-state index contributed by atoms with van der Waals surface area (Å²) in [6.07, 6.45) is 1.57. The molecule has 2 aromatic carbocycles. The number of methoxy groups -OCH3 is 1. The van der Waals surface area contributed by atoms with Crippen molar-refractivity contribution in [2.24, 2.45) is 5.10 Å². The van der Waals surface area contributed by atoms with Crippen LogP contribution >= 0.6 is 31.9 Å². The van der Waals surface area contributed by atoms with Crippen LogP contribution in [-0.4, -0.2) is 25.8 Å². The van der Waals surface area contributed by atoms with E-state index in [1.54, 1.807) is 13.3 Å². The zero-order valence-corrected chi connectivity index (χ0v) is 16.4. The lowest BCUT2D eigenvalue weighted by Gasteiger charge is -2.07. The first-order valence-corrected chi connectivity index (χ1v) is 8.73. The van der Waals surface area contributed by atoms with Gasteiger partial charge in [-0.15, -0.1) is 0 Å².